The van der Waals surface area contributed by atoms with Gasteiger partial charge in [0.25, 0.3) is 0 Å². The molecule has 4 aromatic heterocycles. The van der Waals surface area contributed by atoms with Gasteiger partial charge >= 0.3 is 0 Å². The van der Waals surface area contributed by atoms with Crippen molar-refractivity contribution in [1.82, 2.24) is 24.5 Å². The van der Waals surface area contributed by atoms with Gasteiger partial charge in [-0.2, -0.15) is 0 Å². The number of hydrogen-bond donors (Lipinski definition) is 0. The van der Waals surface area contributed by atoms with Gasteiger partial charge in [-0.3, -0.25) is 14.5 Å². The zero-order valence-electron chi connectivity index (χ0n) is 31.5. The molecule has 0 amide bonds. The minimum absolute atomic E-state index is 0.315. The van der Waals surface area contributed by atoms with E-state index in [1.54, 1.807) is 0 Å². The third-order valence-corrected chi connectivity index (χ3v) is 9.87. The summed E-state index contributed by atoms with van der Waals surface area (Å²) in [6.45, 7) is 13.0. The molecule has 7 nitrogen and oxygen atoms in total. The Morgan fingerprint density at radius 3 is 1.33 bits per heavy atom. The van der Waals surface area contributed by atoms with E-state index in [2.05, 4.69) is 117 Å². The van der Waals surface area contributed by atoms with Crippen molar-refractivity contribution in [2.75, 3.05) is 0 Å². The van der Waals surface area contributed by atoms with Gasteiger partial charge < -0.3 is 9.47 Å². The Labute approximate surface area is 316 Å². The largest absolute Gasteiger partial charge is 0.457 e. The van der Waals surface area contributed by atoms with Crippen LogP contribution in [0.1, 0.15) is 76.0 Å². The Morgan fingerprint density at radius 1 is 0.444 bits per heavy atom. The molecule has 0 saturated heterocycles. The quantitative estimate of drug-likeness (QED) is 0.141. The van der Waals surface area contributed by atoms with E-state index in [4.69, 9.17) is 19.4 Å². The molecule has 0 unspecified atom stereocenters. The molecular weight excluding hydrogens is 667 g/mol. The van der Waals surface area contributed by atoms with E-state index < -0.39 is 0 Å². The second kappa shape index (κ2) is 14.6. The highest BCUT2D eigenvalue weighted by Crippen LogP contribution is 2.38. The third kappa shape index (κ3) is 7.05. The molecule has 0 bridgehead atoms. The molecule has 0 aliphatic rings. The summed E-state index contributed by atoms with van der Waals surface area (Å²) in [5, 5.41) is 2.11. The van der Waals surface area contributed by atoms with E-state index in [1.165, 1.54) is 11.1 Å². The summed E-state index contributed by atoms with van der Waals surface area (Å²) in [4.78, 5) is 19.0. The molecule has 8 rings (SSSR count). The smallest absolute Gasteiger partial charge is 0.234 e. The van der Waals surface area contributed by atoms with E-state index in [-0.39, 0.29) is 0 Å². The molecule has 268 valence electrons. The molecule has 0 radical (unpaired) electrons. The van der Waals surface area contributed by atoms with Crippen molar-refractivity contribution in [3.63, 3.8) is 0 Å². The summed E-state index contributed by atoms with van der Waals surface area (Å²) in [5.41, 5.74) is 9.28. The van der Waals surface area contributed by atoms with Crippen molar-refractivity contribution in [1.29, 1.82) is 0 Å². The Kier molecular flexibility index (Phi) is 9.38. The van der Waals surface area contributed by atoms with Crippen LogP contribution in [0.15, 0.2) is 134 Å². The number of rotatable bonds is 10. The summed E-state index contributed by atoms with van der Waals surface area (Å²) in [7, 11) is 0. The second-order valence-corrected chi connectivity index (χ2v) is 14.7. The average Bonchev–Trinajstić information content (AvgIpc) is 3.51. The number of fused-ring (bicyclic) bond motifs is 3. The van der Waals surface area contributed by atoms with Crippen molar-refractivity contribution in [2.24, 2.45) is 0 Å². The van der Waals surface area contributed by atoms with E-state index in [9.17, 15) is 0 Å². The van der Waals surface area contributed by atoms with Crippen LogP contribution in [-0.4, -0.2) is 24.5 Å². The maximum atomic E-state index is 6.52. The zero-order valence-corrected chi connectivity index (χ0v) is 31.5. The van der Waals surface area contributed by atoms with Crippen LogP contribution in [0.2, 0.25) is 0 Å². The maximum Gasteiger partial charge on any atom is 0.234 e. The number of aromatic nitrogens is 5. The molecule has 0 fully saturated rings. The molecule has 0 aliphatic carbocycles. The lowest BCUT2D eigenvalue weighted by Gasteiger charge is -2.12. The molecule has 0 atom stereocenters. The van der Waals surface area contributed by atoms with Crippen LogP contribution in [0.3, 0.4) is 0 Å². The first-order chi connectivity index (χ1) is 26.2. The summed E-state index contributed by atoms with van der Waals surface area (Å²) in [5.74, 6) is 4.59. The number of pyridine rings is 2. The Hall–Kier alpha value is -6.34. The lowest BCUT2D eigenvalue weighted by Crippen LogP contribution is -2.02. The standard InChI is InChI=1S/C47H43N5O2/c1-29(2)32-17-19-48-43(23-32)34-9-7-11-37(21-34)53-39-13-15-41-42-16-14-40(26-46(42)52(45(41)25-39)47-50-27-36(28-51-47)31(5)6)54-38-12-8-10-35(22-38)44-24-33(30(3)4)18-20-49-44/h7-31H,1-6H3. The average molecular weight is 710 g/mol. The van der Waals surface area contributed by atoms with Crippen molar-refractivity contribution in [3.8, 4) is 51.5 Å². The lowest BCUT2D eigenvalue weighted by atomic mass is 10.0. The van der Waals surface area contributed by atoms with Crippen LogP contribution < -0.4 is 9.47 Å². The fourth-order valence-electron chi connectivity index (χ4n) is 6.70. The van der Waals surface area contributed by atoms with Gasteiger partial charge in [0.15, 0.2) is 0 Å². The Balaban J connectivity index is 1.17. The summed E-state index contributed by atoms with van der Waals surface area (Å²) < 4.78 is 15.1. The molecule has 0 aliphatic heterocycles. The second-order valence-electron chi connectivity index (χ2n) is 14.7. The van der Waals surface area contributed by atoms with Crippen LogP contribution in [0.25, 0.3) is 50.3 Å². The minimum atomic E-state index is 0.315. The maximum absolute atomic E-state index is 6.52. The molecular formula is C47H43N5O2. The van der Waals surface area contributed by atoms with Gasteiger partial charge in [0, 0.05) is 58.8 Å². The van der Waals surface area contributed by atoms with Gasteiger partial charge in [-0.15, -0.1) is 0 Å². The summed E-state index contributed by atoms with van der Waals surface area (Å²) in [6.07, 6.45) is 7.57. The Morgan fingerprint density at radius 2 is 0.889 bits per heavy atom. The third-order valence-electron chi connectivity index (χ3n) is 9.87. The topological polar surface area (TPSA) is 75.0 Å². The van der Waals surface area contributed by atoms with Crippen LogP contribution >= 0.6 is 0 Å². The summed E-state index contributed by atoms with van der Waals surface area (Å²) in [6, 6.07) is 36.9. The van der Waals surface area contributed by atoms with Gasteiger partial charge in [0.2, 0.25) is 5.95 Å². The van der Waals surface area contributed by atoms with Crippen molar-refractivity contribution < 1.29 is 9.47 Å². The van der Waals surface area contributed by atoms with E-state index >= 15 is 0 Å². The number of nitrogens with zero attached hydrogens (tertiary/aromatic N) is 5. The van der Waals surface area contributed by atoms with Crippen molar-refractivity contribution >= 4 is 21.8 Å². The van der Waals surface area contributed by atoms with Gasteiger partial charge in [-0.1, -0.05) is 65.8 Å². The molecule has 54 heavy (non-hydrogen) atoms. The first-order valence-corrected chi connectivity index (χ1v) is 18.6. The minimum Gasteiger partial charge on any atom is -0.457 e. The van der Waals surface area contributed by atoms with E-state index in [0.29, 0.717) is 35.2 Å². The predicted octanol–water partition coefficient (Wildman–Crippen LogP) is 12.7. The summed E-state index contributed by atoms with van der Waals surface area (Å²) >= 11 is 0. The number of hydrogen-bond acceptors (Lipinski definition) is 6. The molecule has 4 heterocycles. The number of benzene rings is 4. The first kappa shape index (κ1) is 34.7. The van der Waals surface area contributed by atoms with Crippen LogP contribution in [0, 0.1) is 0 Å². The molecule has 0 spiro atoms. The van der Waals surface area contributed by atoms with Gasteiger partial charge in [0.05, 0.1) is 22.4 Å². The van der Waals surface area contributed by atoms with Gasteiger partial charge in [-0.25, -0.2) is 9.97 Å². The van der Waals surface area contributed by atoms with Crippen LogP contribution in [-0.2, 0) is 0 Å². The number of ether oxygens (including phenoxy) is 2. The van der Waals surface area contributed by atoms with Gasteiger partial charge in [0.1, 0.15) is 23.0 Å². The molecule has 0 N–H and O–H groups in total. The fraction of sp³-hybridized carbons (Fsp3) is 0.191. The van der Waals surface area contributed by atoms with E-state index in [0.717, 1.165) is 61.4 Å². The highest BCUT2D eigenvalue weighted by Gasteiger charge is 2.18. The molecule has 7 heteroatoms. The van der Waals surface area contributed by atoms with Crippen LogP contribution in [0.4, 0.5) is 0 Å². The SMILES string of the molecule is CC(C)c1cnc(-n2c3cc(Oc4cccc(-c5cc(C(C)C)ccn5)c4)ccc3c3ccc(Oc4cccc(-c5cc(C(C)C)ccn5)c4)cc32)nc1. The lowest BCUT2D eigenvalue weighted by molar-refractivity contribution is 0.483. The molecule has 8 aromatic rings. The van der Waals surface area contributed by atoms with Gasteiger partial charge in [-0.05, 0) is 107 Å². The van der Waals surface area contributed by atoms with Crippen LogP contribution in [0.5, 0.6) is 23.0 Å². The highest BCUT2D eigenvalue weighted by molar-refractivity contribution is 6.09. The molecule has 4 aromatic carbocycles. The van der Waals surface area contributed by atoms with Crippen molar-refractivity contribution in [3.05, 3.63) is 151 Å². The predicted molar refractivity (Wildman–Crippen MR) is 218 cm³/mol. The first-order valence-electron chi connectivity index (χ1n) is 18.6. The fourth-order valence-corrected chi connectivity index (χ4v) is 6.70. The highest BCUT2D eigenvalue weighted by atomic mass is 16.5. The van der Waals surface area contributed by atoms with Crippen molar-refractivity contribution in [2.45, 2.75) is 59.3 Å². The zero-order chi connectivity index (χ0) is 37.3. The Bertz CT molecular complexity index is 2450. The van der Waals surface area contributed by atoms with E-state index in [1.807, 2.05) is 73.3 Å². The normalized spacial score (nSPS) is 11.6. The molecule has 0 saturated carbocycles. The monoisotopic (exact) mass is 709 g/mol.